The Hall–Kier alpha value is -2.74. The number of piperidine rings is 1. The van der Waals surface area contributed by atoms with Crippen LogP contribution in [0.5, 0.6) is 0 Å². The zero-order chi connectivity index (χ0) is 17.9. The Morgan fingerprint density at radius 2 is 2.08 bits per heavy atom. The van der Waals surface area contributed by atoms with Gasteiger partial charge in [0.25, 0.3) is 5.89 Å². The van der Waals surface area contributed by atoms with E-state index >= 15 is 0 Å². The van der Waals surface area contributed by atoms with Gasteiger partial charge in [-0.2, -0.15) is 0 Å². The van der Waals surface area contributed by atoms with Crippen molar-refractivity contribution in [3.8, 4) is 11.6 Å². The largest absolute Gasteiger partial charge is 0.419 e. The van der Waals surface area contributed by atoms with Crippen molar-refractivity contribution in [1.29, 1.82) is 0 Å². The summed E-state index contributed by atoms with van der Waals surface area (Å²) in [7, 11) is 0. The monoisotopic (exact) mass is 357 g/mol. The molecule has 8 heteroatoms. The van der Waals surface area contributed by atoms with Crippen LogP contribution in [-0.2, 0) is 6.54 Å². The molecule has 1 saturated heterocycles. The fraction of sp³-hybridized carbons (Fsp3) is 0.333. The van der Waals surface area contributed by atoms with Crippen molar-refractivity contribution in [2.24, 2.45) is 0 Å². The second kappa shape index (κ2) is 7.25. The second-order valence-electron chi connectivity index (χ2n) is 6.36. The average molecular weight is 357 g/mol. The van der Waals surface area contributed by atoms with Crippen LogP contribution < -0.4 is 0 Å². The first kappa shape index (κ1) is 16.7. The molecule has 1 fully saturated rings. The van der Waals surface area contributed by atoms with Crippen molar-refractivity contribution in [2.45, 2.75) is 25.3 Å². The van der Waals surface area contributed by atoms with Gasteiger partial charge in [-0.1, -0.05) is 6.07 Å². The molecule has 3 heterocycles. The first-order valence-corrected chi connectivity index (χ1v) is 8.45. The van der Waals surface area contributed by atoms with Crippen LogP contribution in [-0.4, -0.2) is 38.2 Å². The Kier molecular flexibility index (Phi) is 4.66. The summed E-state index contributed by atoms with van der Waals surface area (Å²) >= 11 is 0. The molecule has 3 aromatic rings. The van der Waals surface area contributed by atoms with E-state index in [0.717, 1.165) is 37.6 Å². The SMILES string of the molecule is Fc1ccc(CN2CCC[C@H](c3nnc(-c4cnccn4)o3)C2)cc1F. The summed E-state index contributed by atoms with van der Waals surface area (Å²) in [5.74, 6) is -0.618. The maximum absolute atomic E-state index is 13.4. The minimum absolute atomic E-state index is 0.104. The number of aromatic nitrogens is 4. The highest BCUT2D eigenvalue weighted by molar-refractivity contribution is 5.43. The normalized spacial score (nSPS) is 18.2. The van der Waals surface area contributed by atoms with Crippen LogP contribution in [0.4, 0.5) is 8.78 Å². The van der Waals surface area contributed by atoms with E-state index in [4.69, 9.17) is 4.42 Å². The van der Waals surface area contributed by atoms with Crippen LogP contribution in [0, 0.1) is 11.6 Å². The number of hydrogen-bond acceptors (Lipinski definition) is 6. The highest BCUT2D eigenvalue weighted by Gasteiger charge is 2.26. The van der Waals surface area contributed by atoms with Crippen LogP contribution in [0.15, 0.2) is 41.2 Å². The van der Waals surface area contributed by atoms with Crippen molar-refractivity contribution in [3.05, 3.63) is 59.9 Å². The standard InChI is InChI=1S/C18H17F2N5O/c19-14-4-3-12(8-15(14)20)10-25-7-1-2-13(11-25)17-23-24-18(26-17)16-9-21-5-6-22-16/h3-6,8-9,13H,1-2,7,10-11H2/t13-/m0/s1. The molecule has 0 saturated carbocycles. The molecule has 1 aliphatic heterocycles. The van der Waals surface area contributed by atoms with Crippen LogP contribution in [0.1, 0.15) is 30.2 Å². The summed E-state index contributed by atoms with van der Waals surface area (Å²) in [6, 6.07) is 4.02. The van der Waals surface area contributed by atoms with Gasteiger partial charge in [0.05, 0.1) is 12.1 Å². The summed E-state index contributed by atoms with van der Waals surface area (Å²) in [5, 5.41) is 8.23. The van der Waals surface area contributed by atoms with Crippen molar-refractivity contribution < 1.29 is 13.2 Å². The number of likely N-dealkylation sites (tertiary alicyclic amines) is 1. The molecule has 134 valence electrons. The van der Waals surface area contributed by atoms with Crippen LogP contribution in [0.25, 0.3) is 11.6 Å². The summed E-state index contributed by atoms with van der Waals surface area (Å²) in [6.45, 7) is 2.17. The number of rotatable bonds is 4. The molecule has 0 radical (unpaired) electrons. The van der Waals surface area contributed by atoms with Gasteiger partial charge in [0.15, 0.2) is 11.6 Å². The zero-order valence-electron chi connectivity index (χ0n) is 14.0. The van der Waals surface area contributed by atoms with E-state index < -0.39 is 11.6 Å². The third-order valence-electron chi connectivity index (χ3n) is 4.47. The van der Waals surface area contributed by atoms with Crippen molar-refractivity contribution >= 4 is 0 Å². The second-order valence-corrected chi connectivity index (χ2v) is 6.36. The van der Waals surface area contributed by atoms with E-state index in [1.807, 2.05) is 0 Å². The maximum atomic E-state index is 13.4. The molecule has 0 bridgehead atoms. The zero-order valence-corrected chi connectivity index (χ0v) is 14.0. The van der Waals surface area contributed by atoms with Crippen molar-refractivity contribution in [2.75, 3.05) is 13.1 Å². The number of nitrogens with zero attached hydrogens (tertiary/aromatic N) is 5. The van der Waals surface area contributed by atoms with Gasteiger partial charge in [-0.25, -0.2) is 13.8 Å². The van der Waals surface area contributed by atoms with Gasteiger partial charge in [0.1, 0.15) is 5.69 Å². The number of hydrogen-bond donors (Lipinski definition) is 0. The minimum Gasteiger partial charge on any atom is -0.419 e. The van der Waals surface area contributed by atoms with Gasteiger partial charge in [-0.3, -0.25) is 9.88 Å². The van der Waals surface area contributed by atoms with Crippen LogP contribution in [0.3, 0.4) is 0 Å². The summed E-state index contributed by atoms with van der Waals surface area (Å²) in [6.07, 6.45) is 6.64. The third kappa shape index (κ3) is 3.60. The van der Waals surface area contributed by atoms with E-state index in [-0.39, 0.29) is 5.92 Å². The molecule has 2 aromatic heterocycles. The maximum Gasteiger partial charge on any atom is 0.267 e. The van der Waals surface area contributed by atoms with Crippen molar-refractivity contribution in [3.63, 3.8) is 0 Å². The predicted molar refractivity (Wildman–Crippen MR) is 88.9 cm³/mol. The molecule has 1 atom stereocenters. The van der Waals surface area contributed by atoms with Gasteiger partial charge < -0.3 is 4.42 Å². The third-order valence-corrected chi connectivity index (χ3v) is 4.47. The summed E-state index contributed by atoms with van der Waals surface area (Å²) < 4.78 is 32.3. The molecule has 0 unspecified atom stereocenters. The Morgan fingerprint density at radius 1 is 1.15 bits per heavy atom. The van der Waals surface area contributed by atoms with Gasteiger partial charge in [0, 0.05) is 25.5 Å². The molecular formula is C18H17F2N5O. The highest BCUT2D eigenvalue weighted by Crippen LogP contribution is 2.28. The molecule has 4 rings (SSSR count). The lowest BCUT2D eigenvalue weighted by atomic mass is 9.97. The predicted octanol–water partition coefficient (Wildman–Crippen LogP) is 3.18. The fourth-order valence-electron chi connectivity index (χ4n) is 3.21. The van der Waals surface area contributed by atoms with Gasteiger partial charge in [-0.05, 0) is 37.1 Å². The van der Waals surface area contributed by atoms with Crippen LogP contribution >= 0.6 is 0 Å². The molecule has 6 nitrogen and oxygen atoms in total. The van der Waals surface area contributed by atoms with Crippen LogP contribution in [0.2, 0.25) is 0 Å². The summed E-state index contributed by atoms with van der Waals surface area (Å²) in [4.78, 5) is 10.3. The number of benzene rings is 1. The summed E-state index contributed by atoms with van der Waals surface area (Å²) in [5.41, 5.74) is 1.29. The Morgan fingerprint density at radius 3 is 2.88 bits per heavy atom. The topological polar surface area (TPSA) is 67.9 Å². The first-order valence-electron chi connectivity index (χ1n) is 8.45. The Balaban J connectivity index is 1.45. The Labute approximate surface area is 148 Å². The minimum atomic E-state index is -0.826. The molecule has 1 aliphatic rings. The molecular weight excluding hydrogens is 340 g/mol. The van der Waals surface area contributed by atoms with E-state index in [1.54, 1.807) is 24.7 Å². The fourth-order valence-corrected chi connectivity index (χ4v) is 3.21. The lowest BCUT2D eigenvalue weighted by molar-refractivity contribution is 0.186. The van der Waals surface area contributed by atoms with E-state index in [9.17, 15) is 8.78 Å². The van der Waals surface area contributed by atoms with E-state index in [2.05, 4.69) is 25.1 Å². The molecule has 0 amide bonds. The molecule has 26 heavy (non-hydrogen) atoms. The van der Waals surface area contributed by atoms with E-state index in [0.29, 0.717) is 24.0 Å². The quantitative estimate of drug-likeness (QED) is 0.714. The highest BCUT2D eigenvalue weighted by atomic mass is 19.2. The molecule has 1 aromatic carbocycles. The molecule has 0 N–H and O–H groups in total. The molecule has 0 spiro atoms. The van der Waals surface area contributed by atoms with Gasteiger partial charge >= 0.3 is 0 Å². The van der Waals surface area contributed by atoms with Gasteiger partial charge in [0.2, 0.25) is 5.89 Å². The van der Waals surface area contributed by atoms with Crippen molar-refractivity contribution in [1.82, 2.24) is 25.1 Å². The van der Waals surface area contributed by atoms with E-state index in [1.165, 1.54) is 6.07 Å². The molecule has 0 aliphatic carbocycles. The average Bonchev–Trinajstić information content (AvgIpc) is 3.16. The lowest BCUT2D eigenvalue weighted by Gasteiger charge is -2.31. The smallest absolute Gasteiger partial charge is 0.267 e. The lowest BCUT2D eigenvalue weighted by Crippen LogP contribution is -2.34. The Bertz CT molecular complexity index is 886. The first-order chi connectivity index (χ1) is 12.7. The van der Waals surface area contributed by atoms with Gasteiger partial charge in [-0.15, -0.1) is 10.2 Å². The number of halogens is 2.